The van der Waals surface area contributed by atoms with Crippen molar-refractivity contribution in [1.82, 2.24) is 13.7 Å². The lowest BCUT2D eigenvalue weighted by atomic mass is 10.1. The molecule has 0 bridgehead atoms. The number of aromatic nitrogens is 3. The zero-order valence-electron chi connectivity index (χ0n) is 16.4. The van der Waals surface area contributed by atoms with Crippen molar-refractivity contribution in [2.75, 3.05) is 18.0 Å². The molecular formula is C21H27ClFN5O2. The summed E-state index contributed by atoms with van der Waals surface area (Å²) in [5.41, 5.74) is 6.84. The van der Waals surface area contributed by atoms with Crippen LogP contribution in [-0.2, 0) is 20.6 Å². The molecule has 0 spiro atoms. The molecule has 30 heavy (non-hydrogen) atoms. The highest BCUT2D eigenvalue weighted by molar-refractivity contribution is 6.31. The third-order valence-corrected chi connectivity index (χ3v) is 5.98. The van der Waals surface area contributed by atoms with Crippen LogP contribution in [0.3, 0.4) is 0 Å². The van der Waals surface area contributed by atoms with E-state index in [1.165, 1.54) is 29.8 Å². The fraction of sp³-hybridized carbons (Fsp3) is 0.429. The predicted molar refractivity (Wildman–Crippen MR) is 119 cm³/mol. The van der Waals surface area contributed by atoms with Crippen molar-refractivity contribution >= 4 is 28.5 Å². The van der Waals surface area contributed by atoms with Gasteiger partial charge in [0.15, 0.2) is 0 Å². The summed E-state index contributed by atoms with van der Waals surface area (Å²) in [6.07, 6.45) is 1.87. The summed E-state index contributed by atoms with van der Waals surface area (Å²) in [6, 6.07) is 6.03. The van der Waals surface area contributed by atoms with E-state index in [1.807, 2.05) is 10.6 Å². The molecule has 1 atom stereocenters. The smallest absolute Gasteiger partial charge is 0.331 e. The van der Waals surface area contributed by atoms with Crippen LogP contribution in [0.4, 0.5) is 10.2 Å². The molecular weight excluding hydrogens is 409 g/mol. The molecule has 4 rings (SSSR count). The minimum Gasteiger partial charge on any atom is -0.356 e. The van der Waals surface area contributed by atoms with E-state index in [0.717, 1.165) is 29.8 Å². The number of halogens is 2. The highest BCUT2D eigenvalue weighted by atomic mass is 35.5. The van der Waals surface area contributed by atoms with Crippen LogP contribution in [0.5, 0.6) is 0 Å². The van der Waals surface area contributed by atoms with Crippen molar-refractivity contribution in [1.29, 1.82) is 0 Å². The maximum atomic E-state index is 13.9. The van der Waals surface area contributed by atoms with Crippen molar-refractivity contribution in [3.05, 3.63) is 61.5 Å². The first-order valence-corrected chi connectivity index (χ1v) is 9.89. The normalized spacial score (nSPS) is 16.7. The highest BCUT2D eigenvalue weighted by Gasteiger charge is 2.24. The molecule has 3 aromatic rings. The Morgan fingerprint density at radius 2 is 1.93 bits per heavy atom. The standard InChI is InChI=1S/C20H23ClFN5O2.CH4/c1-24-16-9-17(26-7-3-4-14(23)11-26)27(18(16)19(28)25(2)20(24)29)10-12-8-13(22)5-6-15(12)21;/h5-6,8-9,14H,3-4,7,10-11,23H2,1-2H3;1H4/t14-;/m1./s1. The molecule has 162 valence electrons. The lowest BCUT2D eigenvalue weighted by molar-refractivity contribution is 0.498. The average Bonchev–Trinajstić information content (AvgIpc) is 3.07. The SMILES string of the molecule is C.Cn1c(=O)c2c(cc(N3CCC[C@@H](N)C3)n2Cc2cc(F)ccc2Cl)n(C)c1=O. The molecule has 1 saturated heterocycles. The molecule has 0 unspecified atom stereocenters. The second kappa shape index (κ2) is 8.28. The maximum Gasteiger partial charge on any atom is 0.331 e. The van der Waals surface area contributed by atoms with Gasteiger partial charge in [-0.15, -0.1) is 0 Å². The summed E-state index contributed by atoms with van der Waals surface area (Å²) in [6.45, 7) is 1.63. The van der Waals surface area contributed by atoms with Crippen LogP contribution in [0.1, 0.15) is 25.8 Å². The summed E-state index contributed by atoms with van der Waals surface area (Å²) in [4.78, 5) is 27.5. The first kappa shape index (κ1) is 22.1. The van der Waals surface area contributed by atoms with Crippen molar-refractivity contribution in [3.63, 3.8) is 0 Å². The molecule has 0 saturated carbocycles. The van der Waals surface area contributed by atoms with Gasteiger partial charge in [0, 0.05) is 44.3 Å². The fourth-order valence-corrected chi connectivity index (χ4v) is 4.23. The molecule has 1 aliphatic heterocycles. The third-order valence-electron chi connectivity index (χ3n) is 5.62. The molecule has 0 aliphatic carbocycles. The lowest BCUT2D eigenvalue weighted by Gasteiger charge is -2.33. The number of benzene rings is 1. The van der Waals surface area contributed by atoms with Gasteiger partial charge in [-0.25, -0.2) is 9.18 Å². The van der Waals surface area contributed by atoms with Crippen molar-refractivity contribution in [3.8, 4) is 0 Å². The Bertz CT molecular complexity index is 1210. The molecule has 2 aromatic heterocycles. The van der Waals surface area contributed by atoms with Crippen LogP contribution >= 0.6 is 11.6 Å². The topological polar surface area (TPSA) is 78.2 Å². The van der Waals surface area contributed by atoms with Crippen LogP contribution < -0.4 is 21.9 Å². The Morgan fingerprint density at radius 3 is 2.63 bits per heavy atom. The molecule has 9 heteroatoms. The van der Waals surface area contributed by atoms with E-state index in [0.29, 0.717) is 28.2 Å². The first-order valence-electron chi connectivity index (χ1n) is 9.51. The van der Waals surface area contributed by atoms with E-state index in [4.69, 9.17) is 17.3 Å². The number of anilines is 1. The van der Waals surface area contributed by atoms with E-state index in [2.05, 4.69) is 4.90 Å². The van der Waals surface area contributed by atoms with Gasteiger partial charge in [-0.3, -0.25) is 13.9 Å². The van der Waals surface area contributed by atoms with Crippen molar-refractivity contribution in [2.24, 2.45) is 19.8 Å². The maximum absolute atomic E-state index is 13.9. The van der Waals surface area contributed by atoms with Gasteiger partial charge < -0.3 is 15.2 Å². The summed E-state index contributed by atoms with van der Waals surface area (Å²) >= 11 is 6.30. The van der Waals surface area contributed by atoms with Gasteiger partial charge in [0.2, 0.25) is 0 Å². The van der Waals surface area contributed by atoms with Crippen molar-refractivity contribution in [2.45, 2.75) is 32.9 Å². The van der Waals surface area contributed by atoms with Gasteiger partial charge >= 0.3 is 5.69 Å². The van der Waals surface area contributed by atoms with Gasteiger partial charge in [0.25, 0.3) is 5.56 Å². The first-order chi connectivity index (χ1) is 13.8. The Balaban J connectivity index is 0.00000256. The highest BCUT2D eigenvalue weighted by Crippen LogP contribution is 2.29. The Kier molecular flexibility index (Phi) is 6.10. The lowest BCUT2D eigenvalue weighted by Crippen LogP contribution is -2.43. The molecule has 7 nitrogen and oxygen atoms in total. The summed E-state index contributed by atoms with van der Waals surface area (Å²) in [5, 5.41) is 0.413. The van der Waals surface area contributed by atoms with Gasteiger partial charge in [0.1, 0.15) is 17.2 Å². The van der Waals surface area contributed by atoms with Gasteiger partial charge in [-0.05, 0) is 36.6 Å². The molecule has 2 N–H and O–H groups in total. The van der Waals surface area contributed by atoms with Crippen LogP contribution in [0, 0.1) is 5.82 Å². The number of nitrogens with two attached hydrogens (primary N) is 1. The third kappa shape index (κ3) is 3.65. The monoisotopic (exact) mass is 435 g/mol. The van der Waals surface area contributed by atoms with Crippen LogP contribution in [0.15, 0.2) is 33.9 Å². The Labute approximate surface area is 179 Å². The van der Waals surface area contributed by atoms with E-state index >= 15 is 0 Å². The number of nitrogens with zero attached hydrogens (tertiary/aromatic N) is 4. The summed E-state index contributed by atoms with van der Waals surface area (Å²) < 4.78 is 18.2. The number of hydrogen-bond donors (Lipinski definition) is 1. The second-order valence-electron chi connectivity index (χ2n) is 7.61. The van der Waals surface area contributed by atoms with E-state index < -0.39 is 17.1 Å². The number of piperidine rings is 1. The van der Waals surface area contributed by atoms with E-state index in [-0.39, 0.29) is 20.0 Å². The Hall–Kier alpha value is -2.58. The van der Waals surface area contributed by atoms with Gasteiger partial charge in [0.05, 0.1) is 12.1 Å². The summed E-state index contributed by atoms with van der Waals surface area (Å²) in [5.74, 6) is 0.372. The van der Waals surface area contributed by atoms with Gasteiger partial charge in [-0.2, -0.15) is 0 Å². The minimum absolute atomic E-state index is 0. The van der Waals surface area contributed by atoms with Crippen LogP contribution in [0.2, 0.25) is 5.02 Å². The zero-order valence-corrected chi connectivity index (χ0v) is 17.1. The van der Waals surface area contributed by atoms with E-state index in [9.17, 15) is 14.0 Å². The van der Waals surface area contributed by atoms with E-state index in [1.54, 1.807) is 7.05 Å². The number of fused-ring (bicyclic) bond motifs is 1. The molecule has 3 heterocycles. The number of rotatable bonds is 3. The molecule has 1 aromatic carbocycles. The van der Waals surface area contributed by atoms with Crippen molar-refractivity contribution < 1.29 is 4.39 Å². The molecule has 0 amide bonds. The summed E-state index contributed by atoms with van der Waals surface area (Å²) in [7, 11) is 3.09. The van der Waals surface area contributed by atoms with Gasteiger partial charge in [-0.1, -0.05) is 19.0 Å². The molecule has 0 radical (unpaired) electrons. The fourth-order valence-electron chi connectivity index (χ4n) is 4.05. The number of hydrogen-bond acceptors (Lipinski definition) is 4. The average molecular weight is 436 g/mol. The zero-order chi connectivity index (χ0) is 20.9. The largest absolute Gasteiger partial charge is 0.356 e. The van der Waals surface area contributed by atoms with Crippen LogP contribution in [-0.4, -0.2) is 32.8 Å². The Morgan fingerprint density at radius 1 is 1.20 bits per heavy atom. The molecule has 1 fully saturated rings. The van der Waals surface area contributed by atoms with Crippen LogP contribution in [0.25, 0.3) is 11.0 Å². The number of aryl methyl sites for hydroxylation is 1. The minimum atomic E-state index is -0.400. The molecule has 1 aliphatic rings. The quantitative estimate of drug-likeness (QED) is 0.685. The second-order valence-corrected chi connectivity index (χ2v) is 8.02. The predicted octanol–water partition coefficient (Wildman–Crippen LogP) is 2.44.